The number of hydrogen-bond acceptors (Lipinski definition) is 12. The van der Waals surface area contributed by atoms with Crippen LogP contribution in [0.1, 0.15) is 144 Å². The molecule has 4 N–H and O–H groups in total. The van der Waals surface area contributed by atoms with Gasteiger partial charge in [0.05, 0.1) is 47.2 Å². The number of rotatable bonds is 11. The largest absolute Gasteiger partial charge is 0.465 e. The molecule has 10 rings (SSSR count). The second-order valence-electron chi connectivity index (χ2n) is 20.8. The van der Waals surface area contributed by atoms with E-state index in [0.717, 1.165) is 81.3 Å². The van der Waals surface area contributed by atoms with Crippen molar-refractivity contribution in [2.24, 2.45) is 0 Å². The lowest BCUT2D eigenvalue weighted by atomic mass is 9.87. The maximum atomic E-state index is 13.5. The molecule has 4 aliphatic rings. The highest BCUT2D eigenvalue weighted by atomic mass is 35.5. The molecule has 2 aliphatic heterocycles. The third-order valence-electron chi connectivity index (χ3n) is 13.9. The Balaban J connectivity index is 0.000000179. The van der Waals surface area contributed by atoms with Crippen molar-refractivity contribution >= 4 is 62.1 Å². The number of carbonyl (C=O) groups excluding carboxylic acids is 4. The number of nitrogens with one attached hydrogen (secondary N) is 2. The molecule has 0 radical (unpaired) electrons. The summed E-state index contributed by atoms with van der Waals surface area (Å²) in [4.78, 5) is 58.1. The number of hydrogen-bond donors (Lipinski definition) is 3. The maximum Gasteiger partial charge on any atom is 0.340 e. The first-order valence-electron chi connectivity index (χ1n) is 24.6. The predicted octanol–water partition coefficient (Wildman–Crippen LogP) is 11.9. The first kappa shape index (κ1) is 55.8. The van der Waals surface area contributed by atoms with E-state index in [2.05, 4.69) is 83.2 Å². The predicted molar refractivity (Wildman–Crippen MR) is 288 cm³/mol. The smallest absolute Gasteiger partial charge is 0.340 e. The number of carbonyl (C=O) groups is 4. The van der Waals surface area contributed by atoms with Crippen LogP contribution in [0.4, 0.5) is 5.69 Å². The number of Topliss-reactive ketones (excluding diaryl/α,β-unsaturated/α-hetero) is 1. The summed E-state index contributed by atoms with van der Waals surface area (Å²) in [5.74, 6) is 2.20. The van der Waals surface area contributed by atoms with E-state index in [0.29, 0.717) is 34.1 Å². The van der Waals surface area contributed by atoms with Crippen molar-refractivity contribution in [3.63, 3.8) is 0 Å². The number of halogens is 1. The van der Waals surface area contributed by atoms with E-state index < -0.39 is 16.8 Å². The van der Waals surface area contributed by atoms with Crippen molar-refractivity contribution in [2.45, 2.75) is 124 Å². The Morgan fingerprint density at radius 2 is 1.04 bits per heavy atom. The van der Waals surface area contributed by atoms with E-state index in [9.17, 15) is 19.2 Å². The average Bonchev–Trinajstić information content (AvgIpc) is 4.04. The van der Waals surface area contributed by atoms with Crippen LogP contribution in [0.3, 0.4) is 0 Å². The van der Waals surface area contributed by atoms with Crippen LogP contribution in [-0.2, 0) is 47.1 Å². The van der Waals surface area contributed by atoms with Crippen LogP contribution < -0.4 is 24.7 Å². The topological polar surface area (TPSA) is 184 Å². The second-order valence-corrected chi connectivity index (χ2v) is 21.1. The van der Waals surface area contributed by atoms with Gasteiger partial charge in [0.25, 0.3) is 0 Å². The van der Waals surface area contributed by atoms with Crippen molar-refractivity contribution in [1.82, 2.24) is 14.9 Å². The fourth-order valence-electron chi connectivity index (χ4n) is 9.02. The molecule has 0 unspecified atom stereocenters. The molecule has 2 fully saturated rings. The van der Waals surface area contributed by atoms with Gasteiger partial charge < -0.3 is 49.0 Å². The summed E-state index contributed by atoms with van der Waals surface area (Å²) in [5, 5.41) is 1.57. The number of esters is 2. The molecule has 0 atom stereocenters. The van der Waals surface area contributed by atoms with Crippen molar-refractivity contribution in [3.8, 4) is 23.0 Å². The Morgan fingerprint density at radius 1 is 0.616 bits per heavy atom. The highest BCUT2D eigenvalue weighted by Crippen LogP contribution is 2.53. The number of ketones is 1. The Kier molecular flexibility index (Phi) is 17.1. The van der Waals surface area contributed by atoms with E-state index in [4.69, 9.17) is 45.8 Å². The number of fused-ring (bicyclic) bond motifs is 4. The summed E-state index contributed by atoms with van der Waals surface area (Å²) in [6.07, 6.45) is 3.54. The summed E-state index contributed by atoms with van der Waals surface area (Å²) in [5.41, 5.74) is 12.6. The normalized spacial score (nSPS) is 15.1. The van der Waals surface area contributed by atoms with Crippen LogP contribution in [0.25, 0.3) is 21.8 Å². The van der Waals surface area contributed by atoms with Gasteiger partial charge in [0.2, 0.25) is 18.8 Å². The van der Waals surface area contributed by atoms with Crippen LogP contribution in [-0.4, -0.2) is 85.3 Å². The maximum absolute atomic E-state index is 13.5. The molecule has 0 bridgehead atoms. The third-order valence-corrected chi connectivity index (χ3v) is 14.3. The highest BCUT2D eigenvalue weighted by molar-refractivity contribution is 6.66. The van der Waals surface area contributed by atoms with E-state index in [-0.39, 0.29) is 55.3 Å². The van der Waals surface area contributed by atoms with Gasteiger partial charge in [-0.25, -0.2) is 9.59 Å². The molecule has 2 saturated carbocycles. The van der Waals surface area contributed by atoms with E-state index in [1.807, 2.05) is 54.6 Å². The molecule has 4 heterocycles. The molecule has 15 heteroatoms. The average molecular weight is 1020 g/mol. The van der Waals surface area contributed by atoms with Gasteiger partial charge in [-0.3, -0.25) is 9.59 Å². The third kappa shape index (κ3) is 12.1. The number of aromatic amines is 2. The summed E-state index contributed by atoms with van der Waals surface area (Å²) >= 11 is 5.61. The Labute approximate surface area is 434 Å². The van der Waals surface area contributed by atoms with E-state index >= 15 is 0 Å². The number of aromatic nitrogens is 2. The van der Waals surface area contributed by atoms with Crippen LogP contribution >= 0.6 is 11.6 Å². The van der Waals surface area contributed by atoms with E-state index in [1.54, 1.807) is 12.1 Å². The molecular weight excluding hydrogens is 948 g/mol. The number of nitrogen functional groups attached to an aromatic ring is 1. The first-order valence-corrected chi connectivity index (χ1v) is 25.0. The number of ether oxygens (including phenoxy) is 6. The Hall–Kier alpha value is -6.51. The summed E-state index contributed by atoms with van der Waals surface area (Å²) in [7, 11) is 2.74. The number of anilines is 1. The summed E-state index contributed by atoms with van der Waals surface area (Å²) in [6, 6.07) is 22.7. The van der Waals surface area contributed by atoms with Crippen molar-refractivity contribution in [3.05, 3.63) is 112 Å². The van der Waals surface area contributed by atoms with Crippen LogP contribution in [0.15, 0.2) is 72.8 Å². The molecule has 392 valence electrons. The van der Waals surface area contributed by atoms with Gasteiger partial charge in [-0.2, -0.15) is 0 Å². The molecule has 0 saturated heterocycles. The summed E-state index contributed by atoms with van der Waals surface area (Å²) < 4.78 is 31.2. The number of H-pyrrole nitrogens is 2. The van der Waals surface area contributed by atoms with Gasteiger partial charge in [-0.1, -0.05) is 81.9 Å². The lowest BCUT2D eigenvalue weighted by Gasteiger charge is -2.16. The molecule has 2 aliphatic carbocycles. The number of benzene rings is 4. The minimum atomic E-state index is -0.490. The monoisotopic (exact) mass is 1020 g/mol. The molecule has 2 aromatic heterocycles. The number of nitrogens with zero attached hydrogens (tertiary/aromatic N) is 1. The van der Waals surface area contributed by atoms with Gasteiger partial charge in [0, 0.05) is 45.1 Å². The van der Waals surface area contributed by atoms with Crippen molar-refractivity contribution in [2.75, 3.05) is 53.2 Å². The zero-order valence-corrected chi connectivity index (χ0v) is 44.2. The van der Waals surface area contributed by atoms with Gasteiger partial charge in [0.1, 0.15) is 5.78 Å². The molecule has 73 heavy (non-hydrogen) atoms. The minimum absolute atomic E-state index is 0. The van der Waals surface area contributed by atoms with Gasteiger partial charge in [0.15, 0.2) is 23.0 Å². The zero-order valence-electron chi connectivity index (χ0n) is 43.5. The minimum Gasteiger partial charge on any atom is -0.465 e. The lowest BCUT2D eigenvalue weighted by Crippen LogP contribution is -2.22. The van der Waals surface area contributed by atoms with Crippen molar-refractivity contribution in [1.29, 1.82) is 0 Å². The summed E-state index contributed by atoms with van der Waals surface area (Å²) in [6.45, 7) is 23.3. The highest BCUT2D eigenvalue weighted by Gasteiger charge is 2.52. The molecular formula is C58H73ClN4O10. The van der Waals surface area contributed by atoms with Gasteiger partial charge in [-0.15, -0.1) is 0 Å². The quantitative estimate of drug-likeness (QED) is 0.0635. The molecule has 0 amide bonds. The Morgan fingerprint density at radius 3 is 1.44 bits per heavy atom. The first-order chi connectivity index (χ1) is 34.1. The van der Waals surface area contributed by atoms with Gasteiger partial charge >= 0.3 is 11.9 Å². The molecule has 14 nitrogen and oxygen atoms in total. The molecule has 6 aromatic rings. The van der Waals surface area contributed by atoms with Crippen molar-refractivity contribution < 1.29 is 47.6 Å². The fraction of sp³-hybridized carbons (Fsp3) is 0.448. The molecule has 0 spiro atoms. The van der Waals surface area contributed by atoms with Crippen LogP contribution in [0.2, 0.25) is 0 Å². The lowest BCUT2D eigenvalue weighted by molar-refractivity contribution is -0.120. The van der Waals surface area contributed by atoms with E-state index in [1.165, 1.54) is 33.9 Å². The zero-order chi connectivity index (χ0) is 52.3. The molecule has 4 aromatic carbocycles. The van der Waals surface area contributed by atoms with Gasteiger partial charge in [-0.05, 0) is 134 Å². The number of methoxy groups -OCH3 is 2. The fourth-order valence-corrected chi connectivity index (χ4v) is 9.31. The Bertz CT molecular complexity index is 2980. The SMILES string of the molecule is C.CCN(CC)CC.COC(=O)c1cc(CC(=O)C2(c3ccc4c(c3)OCO4)CC2)cc2cc(C(C)(C)C)[nH]c12.COC(=O)c1cc(N)cc2cc(C(C)(C)C)[nH]c12.O=C(Cl)C1(c2ccc3c(c2)OCO3)CC1. The van der Waals surface area contributed by atoms with Crippen LogP contribution in [0.5, 0.6) is 23.0 Å². The number of nitrogens with two attached hydrogens (primary N) is 1. The standard InChI is InChI=1S/C26H27NO5.C14H18N2O2.C11H9ClO3.C6H15N.CH4/c1-25(2,3)21-12-16-9-15(10-18(23(16)27-21)24(29)30-4)11-22(28)26(7-8-26)17-5-6-19-20(13-17)32-14-31-19;1-14(2,3)11-6-8-5-9(15)7-10(12(8)16-11)13(17)18-4;12-10(13)11(3-4-11)7-1-2-8-9(5-7)15-6-14-8;1-4-7(5-2)6-3;/h5-6,9-10,12-13,27H,7-8,11,14H2,1-4H3;5-7,16H,15H2,1-4H3;1-2,5H,3-4,6H2;4-6H2,1-3H3;1H4. The second kappa shape index (κ2) is 22.3. The van der Waals surface area contributed by atoms with Crippen LogP contribution in [0, 0.1) is 0 Å².